The third-order valence-corrected chi connectivity index (χ3v) is 7.94. The van der Waals surface area contributed by atoms with Gasteiger partial charge in [0.25, 0.3) is 0 Å². The molecule has 0 saturated carbocycles. The number of furan rings is 1. The highest BCUT2D eigenvalue weighted by Gasteiger charge is 2.21. The summed E-state index contributed by atoms with van der Waals surface area (Å²) < 4.78 is 140. The van der Waals surface area contributed by atoms with Crippen molar-refractivity contribution in [2.75, 3.05) is 0 Å². The standard InChI is InChI=1S/C44H28O/c1-3-13-29(14-4-1)30-23-25-32(26-24-30)43-34-18-7-9-20-36(34)44(37-21-10-8-19-35(37)43)40-27-39-33-17-11-12-22-41(33)45-42(39)28-38(40)31-15-5-2-6-16-31/h1-28H/i2D,5D,6D,11D,12D,15D,16D,17D,22D,23D,24D,25D,26D,27D,28D. The minimum atomic E-state index is -0.695. The molecule has 0 saturated heterocycles. The van der Waals surface area contributed by atoms with Gasteiger partial charge in [0.2, 0.25) is 0 Å². The lowest BCUT2D eigenvalue weighted by molar-refractivity contribution is 0.669. The van der Waals surface area contributed by atoms with Crippen LogP contribution in [-0.2, 0) is 0 Å². The van der Waals surface area contributed by atoms with Crippen LogP contribution in [0.1, 0.15) is 20.6 Å². The van der Waals surface area contributed by atoms with Crippen molar-refractivity contribution in [2.24, 2.45) is 0 Å². The fraction of sp³-hybridized carbons (Fsp3) is 0. The molecule has 0 N–H and O–H groups in total. The molecule has 1 heteroatoms. The first-order chi connectivity index (χ1) is 28.6. The average molecular weight is 588 g/mol. The molecule has 210 valence electrons. The van der Waals surface area contributed by atoms with Gasteiger partial charge in [-0.15, -0.1) is 0 Å². The second kappa shape index (κ2) is 10.4. The first-order valence-corrected chi connectivity index (χ1v) is 14.2. The van der Waals surface area contributed by atoms with Crippen molar-refractivity contribution < 1.29 is 25.0 Å². The second-order valence-corrected chi connectivity index (χ2v) is 10.5. The summed E-state index contributed by atoms with van der Waals surface area (Å²) in [5.41, 5.74) is -0.229. The quantitative estimate of drug-likeness (QED) is 0.187. The van der Waals surface area contributed by atoms with Crippen LogP contribution >= 0.6 is 0 Å². The van der Waals surface area contributed by atoms with Gasteiger partial charge >= 0.3 is 0 Å². The summed E-state index contributed by atoms with van der Waals surface area (Å²) in [5, 5.41) is 1.27. The van der Waals surface area contributed by atoms with Crippen LogP contribution in [0, 0.1) is 0 Å². The van der Waals surface area contributed by atoms with E-state index >= 15 is 0 Å². The number of hydrogen-bond donors (Lipinski definition) is 0. The lowest BCUT2D eigenvalue weighted by Gasteiger charge is -2.20. The third-order valence-electron chi connectivity index (χ3n) is 7.94. The fourth-order valence-electron chi connectivity index (χ4n) is 5.99. The molecule has 0 atom stereocenters. The summed E-state index contributed by atoms with van der Waals surface area (Å²) in [6.07, 6.45) is 0. The average Bonchev–Trinajstić information content (AvgIpc) is 3.67. The predicted molar refractivity (Wildman–Crippen MR) is 190 cm³/mol. The molecule has 9 aromatic rings. The van der Waals surface area contributed by atoms with Crippen LogP contribution in [0.3, 0.4) is 0 Å². The van der Waals surface area contributed by atoms with E-state index in [2.05, 4.69) is 0 Å². The Morgan fingerprint density at radius 3 is 1.62 bits per heavy atom. The molecule has 1 nitrogen and oxygen atoms in total. The van der Waals surface area contributed by atoms with E-state index in [9.17, 15) is 5.48 Å². The van der Waals surface area contributed by atoms with Crippen LogP contribution in [0.4, 0.5) is 0 Å². The molecule has 0 unspecified atom stereocenters. The van der Waals surface area contributed by atoms with E-state index in [-0.39, 0.29) is 73.9 Å². The molecule has 0 bridgehead atoms. The van der Waals surface area contributed by atoms with E-state index in [0.717, 1.165) is 0 Å². The molecule has 0 aliphatic rings. The van der Waals surface area contributed by atoms with Gasteiger partial charge in [-0.3, -0.25) is 0 Å². The van der Waals surface area contributed by atoms with Gasteiger partial charge in [-0.05, 0) is 84.2 Å². The van der Waals surface area contributed by atoms with E-state index < -0.39 is 72.0 Å². The first kappa shape index (κ1) is 14.7. The Bertz CT molecular complexity index is 3260. The van der Waals surface area contributed by atoms with E-state index in [1.807, 2.05) is 0 Å². The predicted octanol–water partition coefficient (Wildman–Crippen LogP) is 12.6. The lowest BCUT2D eigenvalue weighted by atomic mass is 9.83. The summed E-state index contributed by atoms with van der Waals surface area (Å²) in [4.78, 5) is 0. The Morgan fingerprint density at radius 2 is 0.933 bits per heavy atom. The Morgan fingerprint density at radius 1 is 0.356 bits per heavy atom. The van der Waals surface area contributed by atoms with Gasteiger partial charge in [0.15, 0.2) is 0 Å². The number of fused-ring (bicyclic) bond motifs is 5. The van der Waals surface area contributed by atoms with Gasteiger partial charge in [-0.2, -0.15) is 0 Å². The van der Waals surface area contributed by atoms with Crippen molar-refractivity contribution in [3.8, 4) is 44.5 Å². The molecule has 1 aromatic heterocycles. The highest BCUT2D eigenvalue weighted by molar-refractivity contribution is 6.23. The molecule has 0 aliphatic heterocycles. The number of hydrogen-bond acceptors (Lipinski definition) is 1. The van der Waals surface area contributed by atoms with Crippen LogP contribution < -0.4 is 0 Å². The highest BCUT2D eigenvalue weighted by atomic mass is 16.3. The molecular weight excluding hydrogens is 544 g/mol. The second-order valence-electron chi connectivity index (χ2n) is 10.5. The Balaban J connectivity index is 1.52. The van der Waals surface area contributed by atoms with Crippen LogP contribution in [-0.4, -0.2) is 0 Å². The van der Waals surface area contributed by atoms with Crippen molar-refractivity contribution in [3.63, 3.8) is 0 Å². The summed E-state index contributed by atoms with van der Waals surface area (Å²) in [7, 11) is 0. The third kappa shape index (κ3) is 4.17. The Labute approximate surface area is 282 Å². The van der Waals surface area contributed by atoms with Crippen LogP contribution in [0.5, 0.6) is 0 Å². The van der Waals surface area contributed by atoms with Gasteiger partial charge in [-0.25, -0.2) is 0 Å². The van der Waals surface area contributed by atoms with E-state index in [1.54, 1.807) is 78.9 Å². The Kier molecular flexibility index (Phi) is 3.39. The van der Waals surface area contributed by atoms with E-state index in [4.69, 9.17) is 19.5 Å². The molecule has 0 aliphatic carbocycles. The molecule has 9 rings (SSSR count). The normalized spacial score (nSPS) is 16.2. The van der Waals surface area contributed by atoms with E-state index in [1.165, 1.54) is 0 Å². The first-order valence-electron chi connectivity index (χ1n) is 21.7. The van der Waals surface area contributed by atoms with Gasteiger partial charge in [0, 0.05) is 10.8 Å². The zero-order chi connectivity index (χ0) is 42.8. The summed E-state index contributed by atoms with van der Waals surface area (Å²) in [6, 6.07) is 14.7. The van der Waals surface area contributed by atoms with Crippen molar-refractivity contribution in [1.29, 1.82) is 0 Å². The van der Waals surface area contributed by atoms with Gasteiger partial charge in [-0.1, -0.05) is 151 Å². The van der Waals surface area contributed by atoms with Crippen LogP contribution in [0.15, 0.2) is 174 Å². The number of benzene rings is 8. The van der Waals surface area contributed by atoms with Crippen molar-refractivity contribution in [3.05, 3.63) is 169 Å². The van der Waals surface area contributed by atoms with Crippen LogP contribution in [0.2, 0.25) is 0 Å². The molecule has 45 heavy (non-hydrogen) atoms. The minimum absolute atomic E-state index is 0.00836. The fourth-order valence-corrected chi connectivity index (χ4v) is 5.99. The monoisotopic (exact) mass is 587 g/mol. The molecule has 0 radical (unpaired) electrons. The van der Waals surface area contributed by atoms with E-state index in [0.29, 0.717) is 32.7 Å². The topological polar surface area (TPSA) is 13.1 Å². The molecule has 1 heterocycles. The van der Waals surface area contributed by atoms with Gasteiger partial charge in [0.05, 0.1) is 20.6 Å². The maximum absolute atomic E-state index is 9.98. The van der Waals surface area contributed by atoms with Gasteiger partial charge < -0.3 is 4.42 Å². The van der Waals surface area contributed by atoms with Crippen molar-refractivity contribution >= 4 is 43.5 Å². The number of rotatable bonds is 4. The molecule has 8 aromatic carbocycles. The maximum atomic E-state index is 9.98. The smallest absolute Gasteiger partial charge is 0.136 e. The van der Waals surface area contributed by atoms with Crippen molar-refractivity contribution in [2.45, 2.75) is 0 Å². The SMILES string of the molecule is [2H]c1c([2H])c([2H])c(-c2c(-c3c4ccccc4c(-c4c([2H])c([2H])c(-c5ccccc5)c([2H])c4[2H])c4ccccc34)c([2H])c3c(oc4c([2H])c([2H])c([2H])c([2H])c43)c2[2H])c([2H])c1[2H]. The zero-order valence-electron chi connectivity index (χ0n) is 38.4. The Hall–Kier alpha value is -5.92. The molecule has 0 fully saturated rings. The summed E-state index contributed by atoms with van der Waals surface area (Å²) >= 11 is 0. The molecular formula is C44H28O. The summed E-state index contributed by atoms with van der Waals surface area (Å²) in [6.45, 7) is 0. The highest BCUT2D eigenvalue weighted by Crippen LogP contribution is 2.48. The summed E-state index contributed by atoms with van der Waals surface area (Å²) in [5.74, 6) is 0. The minimum Gasteiger partial charge on any atom is -0.456 e. The van der Waals surface area contributed by atoms with Gasteiger partial charge in [0.1, 0.15) is 11.2 Å². The number of para-hydroxylation sites is 1. The molecule has 0 spiro atoms. The lowest BCUT2D eigenvalue weighted by Crippen LogP contribution is -1.93. The molecule has 0 amide bonds. The maximum Gasteiger partial charge on any atom is 0.136 e. The van der Waals surface area contributed by atoms with Crippen molar-refractivity contribution in [1.82, 2.24) is 0 Å². The zero-order valence-corrected chi connectivity index (χ0v) is 23.4. The largest absolute Gasteiger partial charge is 0.456 e. The van der Waals surface area contributed by atoms with Crippen LogP contribution in [0.25, 0.3) is 88.0 Å².